The highest BCUT2D eigenvalue weighted by Crippen LogP contribution is 2.60. The van der Waals surface area contributed by atoms with E-state index in [1.54, 1.807) is 38.5 Å². The standard InChI is InChI=1S/C14H26N/c1-15(2,3)10-14-7-11-4-12(8-14)6-13(5-11)9-14/h11-13H,4-10H2,1-3H3/q+1. The molecule has 0 atom stereocenters. The molecule has 0 aromatic carbocycles. The number of hydrogen-bond donors (Lipinski definition) is 0. The van der Waals surface area contributed by atoms with Crippen molar-refractivity contribution in [3.63, 3.8) is 0 Å². The summed E-state index contributed by atoms with van der Waals surface area (Å²) in [4.78, 5) is 0. The lowest BCUT2D eigenvalue weighted by Gasteiger charge is -2.57. The largest absolute Gasteiger partial charge is 0.330 e. The molecule has 1 nitrogen and oxygen atoms in total. The maximum atomic E-state index is 2.37. The van der Waals surface area contributed by atoms with E-state index in [9.17, 15) is 0 Å². The van der Waals surface area contributed by atoms with Crippen LogP contribution in [0, 0.1) is 23.2 Å². The van der Waals surface area contributed by atoms with E-state index < -0.39 is 0 Å². The summed E-state index contributed by atoms with van der Waals surface area (Å²) in [6.07, 6.45) is 9.43. The maximum Gasteiger partial charge on any atom is 0.0837 e. The first-order chi connectivity index (χ1) is 6.94. The van der Waals surface area contributed by atoms with E-state index in [4.69, 9.17) is 0 Å². The molecule has 4 aliphatic rings. The molecule has 0 aliphatic heterocycles. The molecule has 4 aliphatic carbocycles. The van der Waals surface area contributed by atoms with Crippen LogP contribution < -0.4 is 0 Å². The van der Waals surface area contributed by atoms with Gasteiger partial charge in [-0.15, -0.1) is 0 Å². The third-order valence-electron chi connectivity index (χ3n) is 4.97. The zero-order chi connectivity index (χ0) is 10.7. The zero-order valence-corrected chi connectivity index (χ0v) is 10.6. The molecule has 15 heavy (non-hydrogen) atoms. The molecule has 0 unspecified atom stereocenters. The first-order valence-corrected chi connectivity index (χ1v) is 6.75. The van der Waals surface area contributed by atoms with E-state index in [1.807, 2.05) is 0 Å². The zero-order valence-electron chi connectivity index (χ0n) is 10.6. The quantitative estimate of drug-likeness (QED) is 0.612. The van der Waals surface area contributed by atoms with Crippen LogP contribution >= 0.6 is 0 Å². The summed E-state index contributed by atoms with van der Waals surface area (Å²) in [6.45, 7) is 1.43. The Bertz CT molecular complexity index is 226. The molecular weight excluding hydrogens is 182 g/mol. The van der Waals surface area contributed by atoms with Gasteiger partial charge in [0.2, 0.25) is 0 Å². The van der Waals surface area contributed by atoms with E-state index in [0.717, 1.165) is 23.2 Å². The van der Waals surface area contributed by atoms with Crippen molar-refractivity contribution in [3.8, 4) is 0 Å². The number of rotatable bonds is 2. The molecule has 0 amide bonds. The lowest BCUT2D eigenvalue weighted by Crippen LogP contribution is -2.54. The normalized spacial score (nSPS) is 48.6. The lowest BCUT2D eigenvalue weighted by molar-refractivity contribution is -0.878. The van der Waals surface area contributed by atoms with Crippen molar-refractivity contribution in [3.05, 3.63) is 0 Å². The van der Waals surface area contributed by atoms with Gasteiger partial charge in [0, 0.05) is 5.41 Å². The van der Waals surface area contributed by atoms with Crippen molar-refractivity contribution in [1.29, 1.82) is 0 Å². The number of quaternary nitrogens is 1. The van der Waals surface area contributed by atoms with Crippen LogP contribution in [0.15, 0.2) is 0 Å². The summed E-state index contributed by atoms with van der Waals surface area (Å²) in [5.74, 6) is 3.34. The summed E-state index contributed by atoms with van der Waals surface area (Å²) < 4.78 is 1.17. The average molecular weight is 208 g/mol. The SMILES string of the molecule is C[N+](C)(C)CC12CC3CC(CC(C3)C1)C2. The van der Waals surface area contributed by atoms with Crippen LogP contribution in [0.4, 0.5) is 0 Å². The van der Waals surface area contributed by atoms with Gasteiger partial charge >= 0.3 is 0 Å². The Hall–Kier alpha value is -0.0400. The fourth-order valence-corrected chi connectivity index (χ4v) is 5.49. The molecule has 0 N–H and O–H groups in total. The van der Waals surface area contributed by atoms with E-state index in [2.05, 4.69) is 21.1 Å². The van der Waals surface area contributed by atoms with Crippen LogP contribution in [-0.4, -0.2) is 32.2 Å². The minimum absolute atomic E-state index is 0.757. The van der Waals surface area contributed by atoms with Gasteiger partial charge in [0.05, 0.1) is 27.7 Å². The molecule has 0 saturated heterocycles. The topological polar surface area (TPSA) is 0 Å². The fraction of sp³-hybridized carbons (Fsp3) is 1.00. The highest BCUT2D eigenvalue weighted by molar-refractivity contribution is 5.01. The smallest absolute Gasteiger partial charge is 0.0837 e. The molecule has 4 fully saturated rings. The van der Waals surface area contributed by atoms with Gasteiger partial charge in [-0.1, -0.05) is 0 Å². The first kappa shape index (κ1) is 10.1. The summed E-state index contributed by atoms with van der Waals surface area (Å²) in [5.41, 5.74) is 0.757. The van der Waals surface area contributed by atoms with Gasteiger partial charge in [0.1, 0.15) is 0 Å². The van der Waals surface area contributed by atoms with Gasteiger partial charge < -0.3 is 4.48 Å². The van der Waals surface area contributed by atoms with Crippen LogP contribution in [0.25, 0.3) is 0 Å². The van der Waals surface area contributed by atoms with Crippen LogP contribution in [0.1, 0.15) is 38.5 Å². The van der Waals surface area contributed by atoms with Crippen molar-refractivity contribution in [2.75, 3.05) is 27.7 Å². The molecule has 0 heterocycles. The molecule has 0 aromatic heterocycles. The van der Waals surface area contributed by atoms with Gasteiger partial charge in [-0.05, 0) is 56.3 Å². The van der Waals surface area contributed by atoms with E-state index in [-0.39, 0.29) is 0 Å². The summed E-state index contributed by atoms with van der Waals surface area (Å²) in [5, 5.41) is 0. The van der Waals surface area contributed by atoms with Crippen LogP contribution in [0.5, 0.6) is 0 Å². The Morgan fingerprint density at radius 1 is 0.867 bits per heavy atom. The Morgan fingerprint density at radius 2 is 1.27 bits per heavy atom. The second-order valence-electron chi connectivity index (χ2n) is 7.87. The van der Waals surface area contributed by atoms with Gasteiger partial charge in [-0.3, -0.25) is 0 Å². The van der Waals surface area contributed by atoms with Gasteiger partial charge in [-0.25, -0.2) is 0 Å². The number of hydrogen-bond acceptors (Lipinski definition) is 0. The Morgan fingerprint density at radius 3 is 1.60 bits per heavy atom. The van der Waals surface area contributed by atoms with Crippen LogP contribution in [-0.2, 0) is 0 Å². The molecule has 4 rings (SSSR count). The summed E-state index contributed by atoms with van der Waals surface area (Å²) in [7, 11) is 7.12. The second kappa shape index (κ2) is 3.00. The molecule has 4 saturated carbocycles. The molecule has 0 spiro atoms. The fourth-order valence-electron chi connectivity index (χ4n) is 5.49. The van der Waals surface area contributed by atoms with Crippen LogP contribution in [0.3, 0.4) is 0 Å². The van der Waals surface area contributed by atoms with E-state index in [1.165, 1.54) is 11.0 Å². The van der Waals surface area contributed by atoms with Crippen molar-refractivity contribution in [1.82, 2.24) is 0 Å². The molecule has 0 aromatic rings. The van der Waals surface area contributed by atoms with Crippen molar-refractivity contribution in [2.24, 2.45) is 23.2 Å². The molecule has 1 heteroatoms. The summed E-state index contributed by atoms with van der Waals surface area (Å²) >= 11 is 0. The van der Waals surface area contributed by atoms with Crippen molar-refractivity contribution < 1.29 is 4.48 Å². The third-order valence-corrected chi connectivity index (χ3v) is 4.97. The lowest BCUT2D eigenvalue weighted by atomic mass is 9.49. The van der Waals surface area contributed by atoms with E-state index in [0.29, 0.717) is 0 Å². The summed E-state index contributed by atoms with van der Waals surface area (Å²) in [6, 6.07) is 0. The number of nitrogens with zero attached hydrogens (tertiary/aromatic N) is 1. The molecule has 0 radical (unpaired) electrons. The second-order valence-corrected chi connectivity index (χ2v) is 7.87. The van der Waals surface area contributed by atoms with Gasteiger partial charge in [-0.2, -0.15) is 0 Å². The Balaban J connectivity index is 1.81. The molecule has 4 bridgehead atoms. The minimum atomic E-state index is 0.757. The van der Waals surface area contributed by atoms with E-state index >= 15 is 0 Å². The van der Waals surface area contributed by atoms with Gasteiger partial charge in [0.15, 0.2) is 0 Å². The van der Waals surface area contributed by atoms with Gasteiger partial charge in [0.25, 0.3) is 0 Å². The monoisotopic (exact) mass is 208 g/mol. The predicted octanol–water partition coefficient (Wildman–Crippen LogP) is 2.91. The molecule has 86 valence electrons. The molecular formula is C14H26N+. The van der Waals surface area contributed by atoms with Crippen molar-refractivity contribution >= 4 is 0 Å². The predicted molar refractivity (Wildman–Crippen MR) is 63.5 cm³/mol. The Labute approximate surface area is 94.4 Å². The highest BCUT2D eigenvalue weighted by Gasteiger charge is 2.52. The van der Waals surface area contributed by atoms with Crippen molar-refractivity contribution in [2.45, 2.75) is 38.5 Å². The highest BCUT2D eigenvalue weighted by atomic mass is 15.3. The first-order valence-electron chi connectivity index (χ1n) is 6.75. The average Bonchev–Trinajstić information content (AvgIpc) is 1.94. The maximum absolute atomic E-state index is 2.37. The third kappa shape index (κ3) is 1.84. The minimum Gasteiger partial charge on any atom is -0.330 e. The van der Waals surface area contributed by atoms with Crippen LogP contribution in [0.2, 0.25) is 0 Å². The Kier molecular flexibility index (Phi) is 2.03.